The largest absolute Gasteiger partial charge is 0.309 e. The Morgan fingerprint density at radius 3 is 2.62 bits per heavy atom. The Balaban J connectivity index is 2.42. The van der Waals surface area contributed by atoms with Gasteiger partial charge in [0.2, 0.25) is 0 Å². The Labute approximate surface area is 131 Å². The van der Waals surface area contributed by atoms with Crippen molar-refractivity contribution in [2.24, 2.45) is 0 Å². The maximum absolute atomic E-state index is 13.6. The number of halogens is 3. The second-order valence-corrected chi connectivity index (χ2v) is 5.88. The van der Waals surface area contributed by atoms with Gasteiger partial charge in [-0.3, -0.25) is 0 Å². The van der Waals surface area contributed by atoms with E-state index in [1.54, 1.807) is 0 Å². The number of hydrogen-bond donors (Lipinski definition) is 1. The lowest BCUT2D eigenvalue weighted by Gasteiger charge is -2.11. The van der Waals surface area contributed by atoms with Crippen LogP contribution in [0.4, 0.5) is 8.78 Å². The Hall–Kier alpha value is -1.40. The number of nitrogens with one attached hydrogen (secondary N) is 1. The van der Waals surface area contributed by atoms with Crippen LogP contribution in [0.1, 0.15) is 25.2 Å². The number of rotatable bonds is 4. The molecule has 0 spiro atoms. The van der Waals surface area contributed by atoms with Crippen LogP contribution >= 0.6 is 15.9 Å². The predicted molar refractivity (Wildman–Crippen MR) is 81.8 cm³/mol. The van der Waals surface area contributed by atoms with Crippen LogP contribution in [-0.2, 0) is 6.54 Å². The molecule has 0 unspecified atom stereocenters. The molecular weight excluding hydrogens is 340 g/mol. The van der Waals surface area contributed by atoms with Gasteiger partial charge in [-0.2, -0.15) is 0 Å². The summed E-state index contributed by atoms with van der Waals surface area (Å²) in [5, 5.41) is 3.27. The molecule has 0 aliphatic rings. The third kappa shape index (κ3) is 3.83. The first kappa shape index (κ1) is 16.0. The highest BCUT2D eigenvalue weighted by atomic mass is 79.9. The fraction of sp³-hybridized carbons (Fsp3) is 0.333. The van der Waals surface area contributed by atoms with Gasteiger partial charge in [-0.15, -0.1) is 0 Å². The highest BCUT2D eigenvalue weighted by Gasteiger charge is 2.15. The topological polar surface area (TPSA) is 37.8 Å². The van der Waals surface area contributed by atoms with Crippen LogP contribution < -0.4 is 5.32 Å². The van der Waals surface area contributed by atoms with E-state index in [2.05, 4.69) is 31.2 Å². The van der Waals surface area contributed by atoms with Crippen molar-refractivity contribution in [2.75, 3.05) is 0 Å². The molecule has 112 valence electrons. The van der Waals surface area contributed by atoms with Crippen LogP contribution in [0.15, 0.2) is 22.7 Å². The van der Waals surface area contributed by atoms with Crippen molar-refractivity contribution in [1.82, 2.24) is 15.3 Å². The molecule has 0 fully saturated rings. The van der Waals surface area contributed by atoms with Crippen molar-refractivity contribution < 1.29 is 8.78 Å². The molecule has 0 bridgehead atoms. The van der Waals surface area contributed by atoms with Gasteiger partial charge in [-0.05, 0) is 41.1 Å². The summed E-state index contributed by atoms with van der Waals surface area (Å²) >= 11 is 3.07. The highest BCUT2D eigenvalue weighted by molar-refractivity contribution is 9.10. The van der Waals surface area contributed by atoms with E-state index in [0.29, 0.717) is 24.0 Å². The van der Waals surface area contributed by atoms with Crippen molar-refractivity contribution in [2.45, 2.75) is 33.4 Å². The highest BCUT2D eigenvalue weighted by Crippen LogP contribution is 2.29. The SMILES string of the molecule is Cc1cc(CNC(C)C)nc(-c2ccc(F)c(F)c2Br)n1. The quantitative estimate of drug-likeness (QED) is 0.842. The second kappa shape index (κ2) is 6.58. The third-order valence-corrected chi connectivity index (χ3v) is 3.65. The first-order valence-corrected chi connectivity index (χ1v) is 7.39. The smallest absolute Gasteiger partial charge is 0.173 e. The molecule has 0 aliphatic heterocycles. The number of aryl methyl sites for hydroxylation is 1. The van der Waals surface area contributed by atoms with Crippen LogP contribution in [0.3, 0.4) is 0 Å². The number of benzene rings is 1. The minimum Gasteiger partial charge on any atom is -0.309 e. The summed E-state index contributed by atoms with van der Waals surface area (Å²) in [5.74, 6) is -1.46. The monoisotopic (exact) mass is 355 g/mol. The van der Waals surface area contributed by atoms with Gasteiger partial charge >= 0.3 is 0 Å². The molecule has 3 nitrogen and oxygen atoms in total. The van der Waals surface area contributed by atoms with Crippen LogP contribution in [0, 0.1) is 18.6 Å². The fourth-order valence-corrected chi connectivity index (χ4v) is 2.35. The summed E-state index contributed by atoms with van der Waals surface area (Å²) in [7, 11) is 0. The van der Waals surface area contributed by atoms with Gasteiger partial charge < -0.3 is 5.32 Å². The zero-order valence-electron chi connectivity index (χ0n) is 12.0. The molecule has 1 aromatic heterocycles. The fourth-order valence-electron chi connectivity index (χ4n) is 1.85. The molecule has 1 N–H and O–H groups in total. The van der Waals surface area contributed by atoms with Crippen LogP contribution in [-0.4, -0.2) is 16.0 Å². The Morgan fingerprint density at radius 2 is 1.95 bits per heavy atom. The van der Waals surface area contributed by atoms with Crippen molar-refractivity contribution in [3.8, 4) is 11.4 Å². The molecular formula is C15H16BrF2N3. The zero-order valence-corrected chi connectivity index (χ0v) is 13.6. The first-order chi connectivity index (χ1) is 9.88. The minimum absolute atomic E-state index is 0.0378. The summed E-state index contributed by atoms with van der Waals surface area (Å²) in [6.07, 6.45) is 0. The lowest BCUT2D eigenvalue weighted by Crippen LogP contribution is -2.22. The van der Waals surface area contributed by atoms with Crippen LogP contribution in [0.5, 0.6) is 0 Å². The summed E-state index contributed by atoms with van der Waals surface area (Å²) in [5.41, 5.74) is 2.02. The lowest BCUT2D eigenvalue weighted by molar-refractivity contribution is 0.504. The van der Waals surface area contributed by atoms with Gasteiger partial charge in [-0.1, -0.05) is 13.8 Å². The summed E-state index contributed by atoms with van der Waals surface area (Å²) < 4.78 is 26.9. The Kier molecular flexibility index (Phi) is 5.00. The lowest BCUT2D eigenvalue weighted by atomic mass is 10.2. The standard InChI is InChI=1S/C15H16BrF2N3/c1-8(2)19-7-10-6-9(3)20-15(21-10)11-4-5-12(17)14(18)13(11)16/h4-6,8,19H,7H2,1-3H3. The molecule has 1 aromatic carbocycles. The number of hydrogen-bond acceptors (Lipinski definition) is 3. The summed E-state index contributed by atoms with van der Waals surface area (Å²) in [4.78, 5) is 8.72. The average Bonchev–Trinajstić information content (AvgIpc) is 2.42. The molecule has 2 aromatic rings. The molecule has 21 heavy (non-hydrogen) atoms. The first-order valence-electron chi connectivity index (χ1n) is 6.60. The number of aromatic nitrogens is 2. The van der Waals surface area contributed by atoms with Gasteiger partial charge in [0, 0.05) is 23.8 Å². The summed E-state index contributed by atoms with van der Waals surface area (Å²) in [6, 6.07) is 4.75. The normalized spacial score (nSPS) is 11.2. The molecule has 2 rings (SSSR count). The second-order valence-electron chi connectivity index (χ2n) is 5.08. The molecule has 0 saturated heterocycles. The van der Waals surface area contributed by atoms with E-state index in [9.17, 15) is 8.78 Å². The van der Waals surface area contributed by atoms with Crippen molar-refractivity contribution in [3.05, 3.63) is 45.7 Å². The van der Waals surface area contributed by atoms with Gasteiger partial charge in [0.15, 0.2) is 17.5 Å². The molecule has 0 amide bonds. The van der Waals surface area contributed by atoms with E-state index in [-0.39, 0.29) is 4.47 Å². The van der Waals surface area contributed by atoms with Gasteiger partial charge in [0.1, 0.15) is 0 Å². The maximum atomic E-state index is 13.6. The molecule has 6 heteroatoms. The van der Waals surface area contributed by atoms with Gasteiger partial charge in [-0.25, -0.2) is 18.7 Å². The van der Waals surface area contributed by atoms with Crippen molar-refractivity contribution in [3.63, 3.8) is 0 Å². The molecule has 0 radical (unpaired) electrons. The van der Waals surface area contributed by atoms with E-state index < -0.39 is 11.6 Å². The van der Waals surface area contributed by atoms with E-state index in [1.807, 2.05) is 26.8 Å². The maximum Gasteiger partial charge on any atom is 0.173 e. The molecule has 0 saturated carbocycles. The van der Waals surface area contributed by atoms with Gasteiger partial charge in [0.25, 0.3) is 0 Å². The van der Waals surface area contributed by atoms with E-state index in [4.69, 9.17) is 0 Å². The van der Waals surface area contributed by atoms with Crippen molar-refractivity contribution >= 4 is 15.9 Å². The molecule has 0 atom stereocenters. The van der Waals surface area contributed by atoms with Crippen LogP contribution in [0.25, 0.3) is 11.4 Å². The van der Waals surface area contributed by atoms with E-state index >= 15 is 0 Å². The van der Waals surface area contributed by atoms with E-state index in [0.717, 1.165) is 17.5 Å². The van der Waals surface area contributed by atoms with Crippen molar-refractivity contribution in [1.29, 1.82) is 0 Å². The molecule has 0 aliphatic carbocycles. The Bertz CT molecular complexity index is 660. The van der Waals surface area contributed by atoms with Crippen LogP contribution in [0.2, 0.25) is 0 Å². The third-order valence-electron chi connectivity index (χ3n) is 2.87. The Morgan fingerprint density at radius 1 is 1.24 bits per heavy atom. The zero-order chi connectivity index (χ0) is 15.6. The van der Waals surface area contributed by atoms with Gasteiger partial charge in [0.05, 0.1) is 10.2 Å². The molecule has 1 heterocycles. The predicted octanol–water partition coefficient (Wildman–Crippen LogP) is 3.99. The average molecular weight is 356 g/mol. The number of nitrogens with zero attached hydrogens (tertiary/aromatic N) is 2. The van der Waals surface area contributed by atoms with E-state index in [1.165, 1.54) is 6.07 Å². The summed E-state index contributed by atoms with van der Waals surface area (Å²) in [6.45, 7) is 6.52. The minimum atomic E-state index is -0.931.